The molecule has 0 aliphatic carbocycles. The number of rotatable bonds is 1. The molecular formula is C11H18N2O. The summed E-state index contributed by atoms with van der Waals surface area (Å²) >= 11 is 0. The van der Waals surface area contributed by atoms with Crippen LogP contribution in [0.25, 0.3) is 0 Å². The van der Waals surface area contributed by atoms with E-state index in [0.29, 0.717) is 12.0 Å². The number of nitrogens with one attached hydrogen (secondary N) is 1. The fraction of sp³-hybridized carbons (Fsp3) is 0.727. The van der Waals surface area contributed by atoms with Gasteiger partial charge in [-0.1, -0.05) is 19.8 Å². The minimum atomic E-state index is -0.0420. The molecule has 0 spiro atoms. The highest BCUT2D eigenvalue weighted by molar-refractivity contribution is 5.93. The molecule has 0 aromatic rings. The van der Waals surface area contributed by atoms with Crippen molar-refractivity contribution in [2.24, 2.45) is 5.92 Å². The lowest BCUT2D eigenvalue weighted by molar-refractivity contribution is -0.126. The molecule has 3 nitrogen and oxygen atoms in total. The molecule has 1 atom stereocenters. The van der Waals surface area contributed by atoms with Gasteiger partial charge in [-0.3, -0.25) is 4.79 Å². The first-order valence-electron chi connectivity index (χ1n) is 5.10. The van der Waals surface area contributed by atoms with Crippen molar-refractivity contribution in [3.63, 3.8) is 0 Å². The van der Waals surface area contributed by atoms with E-state index in [9.17, 15) is 4.79 Å². The monoisotopic (exact) mass is 194 g/mol. The standard InChI is InChI=1S/C11H18N2O/c1-4-5-11(14)13-7-6-12-10(8-13)9(2)3/h9-10,12H,6-8H2,1-3H3. The zero-order valence-electron chi connectivity index (χ0n) is 9.13. The van der Waals surface area contributed by atoms with Gasteiger partial charge in [0.25, 0.3) is 5.91 Å². The molecule has 1 aliphatic heterocycles. The van der Waals surface area contributed by atoms with Crippen LogP contribution in [0.4, 0.5) is 0 Å². The minimum Gasteiger partial charge on any atom is -0.329 e. The summed E-state index contributed by atoms with van der Waals surface area (Å²) in [5.74, 6) is 5.74. The molecule has 1 saturated heterocycles. The molecule has 1 rings (SSSR count). The highest BCUT2D eigenvalue weighted by atomic mass is 16.2. The molecule has 1 heterocycles. The Morgan fingerprint density at radius 2 is 2.29 bits per heavy atom. The van der Waals surface area contributed by atoms with Crippen LogP contribution in [0.15, 0.2) is 0 Å². The predicted octanol–water partition coefficient (Wildman–Crippen LogP) is 0.466. The number of hydrogen-bond donors (Lipinski definition) is 1. The van der Waals surface area contributed by atoms with E-state index < -0.39 is 0 Å². The van der Waals surface area contributed by atoms with E-state index in [1.54, 1.807) is 6.92 Å². The maximum absolute atomic E-state index is 11.5. The molecule has 1 amide bonds. The van der Waals surface area contributed by atoms with Crippen molar-refractivity contribution in [3.05, 3.63) is 0 Å². The van der Waals surface area contributed by atoms with Crippen molar-refractivity contribution in [2.45, 2.75) is 26.8 Å². The fourth-order valence-electron chi connectivity index (χ4n) is 1.60. The van der Waals surface area contributed by atoms with E-state index in [0.717, 1.165) is 19.6 Å². The minimum absolute atomic E-state index is 0.0420. The summed E-state index contributed by atoms with van der Waals surface area (Å²) in [6.45, 7) is 8.45. The van der Waals surface area contributed by atoms with Crippen LogP contribution in [0.1, 0.15) is 20.8 Å². The maximum Gasteiger partial charge on any atom is 0.298 e. The third-order valence-electron chi connectivity index (χ3n) is 2.53. The first kappa shape index (κ1) is 11.1. The Hall–Kier alpha value is -1.01. The van der Waals surface area contributed by atoms with Crippen LogP contribution >= 0.6 is 0 Å². The van der Waals surface area contributed by atoms with E-state index >= 15 is 0 Å². The van der Waals surface area contributed by atoms with E-state index in [4.69, 9.17) is 0 Å². The number of hydrogen-bond acceptors (Lipinski definition) is 2. The van der Waals surface area contributed by atoms with Gasteiger partial charge in [0.05, 0.1) is 0 Å². The molecule has 14 heavy (non-hydrogen) atoms. The van der Waals surface area contributed by atoms with E-state index in [2.05, 4.69) is 31.0 Å². The molecule has 1 fully saturated rings. The zero-order valence-corrected chi connectivity index (χ0v) is 9.13. The summed E-state index contributed by atoms with van der Waals surface area (Å²) in [5.41, 5.74) is 0. The number of carbonyl (C=O) groups excluding carboxylic acids is 1. The van der Waals surface area contributed by atoms with Gasteiger partial charge in [-0.05, 0) is 18.8 Å². The second-order valence-corrected chi connectivity index (χ2v) is 3.93. The second kappa shape index (κ2) is 5.02. The lowest BCUT2D eigenvalue weighted by Crippen LogP contribution is -2.54. The number of carbonyl (C=O) groups is 1. The van der Waals surface area contributed by atoms with Gasteiger partial charge in [0.15, 0.2) is 0 Å². The smallest absolute Gasteiger partial charge is 0.298 e. The van der Waals surface area contributed by atoms with Crippen molar-refractivity contribution in [2.75, 3.05) is 19.6 Å². The van der Waals surface area contributed by atoms with E-state index in [-0.39, 0.29) is 5.91 Å². The first-order chi connectivity index (χ1) is 6.65. The molecule has 0 aromatic heterocycles. The van der Waals surface area contributed by atoms with Crippen LogP contribution in [0, 0.1) is 17.8 Å². The summed E-state index contributed by atoms with van der Waals surface area (Å²) in [4.78, 5) is 13.3. The molecule has 0 aromatic carbocycles. The molecule has 1 aliphatic rings. The predicted molar refractivity (Wildman–Crippen MR) is 56.7 cm³/mol. The van der Waals surface area contributed by atoms with Crippen molar-refractivity contribution >= 4 is 5.91 Å². The Kier molecular flexibility index (Phi) is 3.97. The van der Waals surface area contributed by atoms with E-state index in [1.807, 2.05) is 4.90 Å². The van der Waals surface area contributed by atoms with Gasteiger partial charge in [-0.2, -0.15) is 0 Å². The Morgan fingerprint density at radius 1 is 1.57 bits per heavy atom. The third kappa shape index (κ3) is 2.74. The maximum atomic E-state index is 11.5. The molecule has 0 bridgehead atoms. The Labute approximate surface area is 85.9 Å². The average Bonchev–Trinajstić information content (AvgIpc) is 2.18. The molecule has 3 heteroatoms. The van der Waals surface area contributed by atoms with Crippen LogP contribution in [0.3, 0.4) is 0 Å². The fourth-order valence-corrected chi connectivity index (χ4v) is 1.60. The lowest BCUT2D eigenvalue weighted by atomic mass is 10.0. The quantitative estimate of drug-likeness (QED) is 0.615. The van der Waals surface area contributed by atoms with Crippen molar-refractivity contribution in [1.29, 1.82) is 0 Å². The zero-order chi connectivity index (χ0) is 10.6. The molecular weight excluding hydrogens is 176 g/mol. The van der Waals surface area contributed by atoms with E-state index in [1.165, 1.54) is 0 Å². The number of nitrogens with zero attached hydrogens (tertiary/aromatic N) is 1. The topological polar surface area (TPSA) is 32.3 Å². The Morgan fingerprint density at radius 3 is 2.86 bits per heavy atom. The van der Waals surface area contributed by atoms with Crippen molar-refractivity contribution in [1.82, 2.24) is 10.2 Å². The molecule has 1 unspecified atom stereocenters. The van der Waals surface area contributed by atoms with Crippen LogP contribution in [0.2, 0.25) is 0 Å². The van der Waals surface area contributed by atoms with Gasteiger partial charge in [0, 0.05) is 25.7 Å². The highest BCUT2D eigenvalue weighted by Crippen LogP contribution is 2.07. The summed E-state index contributed by atoms with van der Waals surface area (Å²) in [6.07, 6.45) is 0. The first-order valence-corrected chi connectivity index (χ1v) is 5.10. The summed E-state index contributed by atoms with van der Waals surface area (Å²) < 4.78 is 0. The highest BCUT2D eigenvalue weighted by Gasteiger charge is 2.23. The largest absolute Gasteiger partial charge is 0.329 e. The molecule has 1 N–H and O–H groups in total. The van der Waals surface area contributed by atoms with Crippen LogP contribution in [-0.2, 0) is 4.79 Å². The van der Waals surface area contributed by atoms with Crippen molar-refractivity contribution in [3.8, 4) is 11.8 Å². The Balaban J connectivity index is 2.54. The third-order valence-corrected chi connectivity index (χ3v) is 2.53. The SMILES string of the molecule is CC#CC(=O)N1CCNC(C(C)C)C1. The molecule has 0 radical (unpaired) electrons. The van der Waals surface area contributed by atoms with Gasteiger partial charge in [0.2, 0.25) is 0 Å². The molecule has 78 valence electrons. The van der Waals surface area contributed by atoms with Crippen LogP contribution < -0.4 is 5.32 Å². The summed E-state index contributed by atoms with van der Waals surface area (Å²) in [5, 5.41) is 3.40. The van der Waals surface area contributed by atoms with Crippen LogP contribution in [-0.4, -0.2) is 36.5 Å². The second-order valence-electron chi connectivity index (χ2n) is 3.93. The van der Waals surface area contributed by atoms with Gasteiger partial charge >= 0.3 is 0 Å². The van der Waals surface area contributed by atoms with Gasteiger partial charge in [-0.25, -0.2) is 0 Å². The lowest BCUT2D eigenvalue weighted by Gasteiger charge is -2.34. The summed E-state index contributed by atoms with van der Waals surface area (Å²) in [7, 11) is 0. The van der Waals surface area contributed by atoms with Gasteiger partial charge in [-0.15, -0.1) is 0 Å². The molecule has 0 saturated carbocycles. The Bertz CT molecular complexity index is 262. The van der Waals surface area contributed by atoms with Crippen molar-refractivity contribution < 1.29 is 4.79 Å². The van der Waals surface area contributed by atoms with Gasteiger partial charge < -0.3 is 10.2 Å². The number of piperazine rings is 1. The number of amides is 1. The van der Waals surface area contributed by atoms with Crippen LogP contribution in [0.5, 0.6) is 0 Å². The average molecular weight is 194 g/mol. The normalized spacial score (nSPS) is 21.7. The summed E-state index contributed by atoms with van der Waals surface area (Å²) in [6, 6.07) is 0.409. The van der Waals surface area contributed by atoms with Gasteiger partial charge in [0.1, 0.15) is 0 Å².